The van der Waals surface area contributed by atoms with Crippen molar-refractivity contribution < 1.29 is 80.5 Å². The van der Waals surface area contributed by atoms with Crippen molar-refractivity contribution in [3.63, 3.8) is 0 Å². The molecule has 24 nitrogen and oxygen atoms in total. The zero-order valence-corrected chi connectivity index (χ0v) is 32.5. The first-order valence-electron chi connectivity index (χ1n) is 16.0. The third-order valence-corrected chi connectivity index (χ3v) is 11.4. The lowest BCUT2D eigenvalue weighted by atomic mass is 9.87. The van der Waals surface area contributed by atoms with Gasteiger partial charge in [-0.05, 0) is 6.42 Å². The van der Waals surface area contributed by atoms with E-state index >= 15 is 0 Å². The average molecular weight is 848 g/mol. The van der Waals surface area contributed by atoms with Crippen LogP contribution in [0.4, 0.5) is 5.82 Å². The number of carbonyl (C=O) groups excluding carboxylic acids is 3. The molecule has 1 aliphatic heterocycles. The van der Waals surface area contributed by atoms with E-state index in [1.807, 2.05) is 6.92 Å². The van der Waals surface area contributed by atoms with Gasteiger partial charge in [0, 0.05) is 37.1 Å². The predicted molar refractivity (Wildman–Crippen MR) is 178 cm³/mol. The molecule has 7 atom stereocenters. The minimum Gasteiger partial charge on any atom is -0.790 e. The highest BCUT2D eigenvalue weighted by Gasteiger charge is 2.47. The van der Waals surface area contributed by atoms with Crippen molar-refractivity contribution in [1.82, 2.24) is 30.2 Å². The van der Waals surface area contributed by atoms with E-state index in [1.165, 1.54) is 13.8 Å². The number of nitrogen functional groups attached to an aromatic ring is 1. The number of phosphoric acid groups is 3. The second-order valence-electron chi connectivity index (χ2n) is 12.3. The van der Waals surface area contributed by atoms with E-state index < -0.39 is 84.6 Å². The molecular weight excluding hydrogens is 807 g/mol. The molecule has 0 bridgehead atoms. The summed E-state index contributed by atoms with van der Waals surface area (Å²) in [6, 6.07) is 0. The molecule has 6 N–H and O–H groups in total. The first-order valence-corrected chi connectivity index (χ1v) is 21.4. The fourth-order valence-corrected chi connectivity index (χ4v) is 8.12. The van der Waals surface area contributed by atoms with Crippen molar-refractivity contribution in [1.29, 1.82) is 0 Å². The third kappa shape index (κ3) is 13.9. The first-order chi connectivity index (χ1) is 25.1. The number of aliphatic hydroxyl groups is 2. The van der Waals surface area contributed by atoms with Crippen LogP contribution < -0.4 is 35.9 Å². The van der Waals surface area contributed by atoms with Crippen molar-refractivity contribution in [3.8, 4) is 0 Å². The summed E-state index contributed by atoms with van der Waals surface area (Å²) in [5.74, 6) is -1.16. The summed E-state index contributed by atoms with van der Waals surface area (Å²) in [5.41, 5.74) is 4.07. The van der Waals surface area contributed by atoms with Crippen LogP contribution in [0.5, 0.6) is 0 Å². The largest absolute Gasteiger partial charge is 0.790 e. The molecule has 1 aliphatic rings. The molecule has 1 saturated heterocycles. The number of carbonyl (C=O) groups is 3. The van der Waals surface area contributed by atoms with Crippen molar-refractivity contribution >= 4 is 69.1 Å². The van der Waals surface area contributed by atoms with Gasteiger partial charge >= 0.3 is 0 Å². The molecule has 3 rings (SSSR count). The Hall–Kier alpha value is -2.44. The van der Waals surface area contributed by atoms with E-state index in [-0.39, 0.29) is 41.6 Å². The number of nitrogens with zero attached hydrogens (tertiary/aromatic N) is 4. The summed E-state index contributed by atoms with van der Waals surface area (Å²) < 4.78 is 60.4. The maximum absolute atomic E-state index is 12.5. The van der Waals surface area contributed by atoms with Crippen LogP contribution in [0.2, 0.25) is 0 Å². The molecule has 2 aromatic heterocycles. The number of amides is 2. The van der Waals surface area contributed by atoms with Crippen LogP contribution in [-0.4, -0.2) is 103 Å². The lowest BCUT2D eigenvalue weighted by Crippen LogP contribution is -2.46. The number of hydrogen-bond acceptors (Lipinski definition) is 22. The number of fused-ring (bicyclic) bond motifs is 1. The lowest BCUT2D eigenvalue weighted by molar-refractivity contribution is -0.347. The summed E-state index contributed by atoms with van der Waals surface area (Å²) in [5, 5.41) is 26.2. The van der Waals surface area contributed by atoms with Gasteiger partial charge in [-0.25, -0.2) is 19.3 Å². The maximum Gasteiger partial charge on any atom is 0.274 e. The van der Waals surface area contributed by atoms with Gasteiger partial charge in [0.15, 0.2) is 22.8 Å². The van der Waals surface area contributed by atoms with Crippen LogP contribution in [0, 0.1) is 5.41 Å². The number of phosphoric ester groups is 3. The standard InChI is InChI=1S/C26H44N7O17P3S/c1-4-5-6-17(35)54-10-9-28-16(34)7-8-29-24(38)21(37)26(2,3)12-47-53(44,45)50-52(42,43)46-11-15-20(49-51(39,40)41)19(36)25(48-15)33-14-32-18-22(27)30-13-31-23(18)33/h13-15,19-21,25,36-37H,4-12H2,1-3H3,(H,28,34)(H,29,38)(H,42,43)(H,44,45)(H2,27,30,31)(H2,39,40,41)/p-4/t15-,19-,20-,21+,25-/m1/s1. The fraction of sp³-hybridized carbons (Fsp3) is 0.692. The Kier molecular flexibility index (Phi) is 16.7. The minimum atomic E-state index is -5.91. The Balaban J connectivity index is 1.50. The number of aromatic nitrogens is 4. The number of nitrogens with one attached hydrogen (secondary N) is 2. The second-order valence-corrected chi connectivity index (χ2v) is 17.5. The summed E-state index contributed by atoms with van der Waals surface area (Å²) in [6.07, 6.45) is -5.44. The van der Waals surface area contributed by atoms with E-state index in [0.29, 0.717) is 12.2 Å². The molecule has 0 saturated carbocycles. The Morgan fingerprint density at radius 2 is 1.76 bits per heavy atom. The van der Waals surface area contributed by atoms with E-state index in [1.54, 1.807) is 0 Å². The first kappa shape index (κ1) is 45.9. The molecule has 2 unspecified atom stereocenters. The number of thioether (sulfide) groups is 1. The van der Waals surface area contributed by atoms with Crippen molar-refractivity contribution in [3.05, 3.63) is 12.7 Å². The van der Waals surface area contributed by atoms with Gasteiger partial charge in [-0.1, -0.05) is 39.0 Å². The summed E-state index contributed by atoms with van der Waals surface area (Å²) in [6.45, 7) is 2.11. The normalized spacial score (nSPS) is 22.0. The summed E-state index contributed by atoms with van der Waals surface area (Å²) >= 11 is 1.10. The zero-order chi connectivity index (χ0) is 40.5. The second kappa shape index (κ2) is 19.6. The monoisotopic (exact) mass is 847 g/mol. The Morgan fingerprint density at radius 1 is 1.07 bits per heavy atom. The van der Waals surface area contributed by atoms with E-state index in [9.17, 15) is 57.9 Å². The summed E-state index contributed by atoms with van der Waals surface area (Å²) in [7, 11) is -17.6. The maximum atomic E-state index is 12.5. The van der Waals surface area contributed by atoms with E-state index in [0.717, 1.165) is 41.8 Å². The molecule has 0 radical (unpaired) electrons. The van der Waals surface area contributed by atoms with Gasteiger partial charge in [-0.2, -0.15) is 0 Å². The van der Waals surface area contributed by atoms with Gasteiger partial charge in [0.2, 0.25) is 11.8 Å². The van der Waals surface area contributed by atoms with Crippen LogP contribution in [0.15, 0.2) is 12.7 Å². The van der Waals surface area contributed by atoms with Gasteiger partial charge in [-0.15, -0.1) is 0 Å². The molecule has 2 amide bonds. The smallest absolute Gasteiger partial charge is 0.274 e. The van der Waals surface area contributed by atoms with Crippen LogP contribution >= 0.6 is 35.2 Å². The average Bonchev–Trinajstić information content (AvgIpc) is 3.63. The SMILES string of the molecule is CCCCC(=O)SCCNC(=O)CCNC(=O)[C@H](O)C(C)(C)COP(=O)([O-])OP(=O)([O-])OC[C@H]1O[C@@H](n2cnc3c(N)ncnc32)[C@H](O)[C@@H]1OP(=O)([O-])[O-]. The molecule has 0 spiro atoms. The minimum absolute atomic E-state index is 0.0200. The highest BCUT2D eigenvalue weighted by Crippen LogP contribution is 2.56. The Labute approximate surface area is 312 Å². The third-order valence-electron chi connectivity index (χ3n) is 7.47. The van der Waals surface area contributed by atoms with E-state index in [2.05, 4.69) is 43.5 Å². The number of imidazole rings is 1. The van der Waals surface area contributed by atoms with Crippen molar-refractivity contribution in [2.45, 2.75) is 77.1 Å². The molecule has 1 fully saturated rings. The highest BCUT2D eigenvalue weighted by molar-refractivity contribution is 8.13. The lowest BCUT2D eigenvalue weighted by Gasteiger charge is -2.36. The number of anilines is 1. The zero-order valence-electron chi connectivity index (χ0n) is 29.0. The highest BCUT2D eigenvalue weighted by atomic mass is 32.2. The van der Waals surface area contributed by atoms with Gasteiger partial charge in [0.1, 0.15) is 36.3 Å². The molecule has 0 aromatic carbocycles. The topological polar surface area (TPSA) is 375 Å². The van der Waals surface area contributed by atoms with Gasteiger partial charge in [0.25, 0.3) is 15.6 Å². The molecule has 306 valence electrons. The van der Waals surface area contributed by atoms with Crippen molar-refractivity contribution in [2.24, 2.45) is 5.41 Å². The number of unbranched alkanes of at least 4 members (excludes halogenated alkanes) is 1. The molecular formula is C26H40N7O17P3S-4. The van der Waals surface area contributed by atoms with Crippen LogP contribution in [-0.2, 0) is 50.7 Å². The van der Waals surface area contributed by atoms with E-state index in [4.69, 9.17) is 10.5 Å². The van der Waals surface area contributed by atoms with Gasteiger partial charge in [0.05, 0.1) is 27.4 Å². The predicted octanol–water partition coefficient (Wildman–Crippen LogP) is -2.67. The van der Waals surface area contributed by atoms with Crippen LogP contribution in [0.1, 0.15) is 52.7 Å². The molecule has 2 aromatic rings. The number of hydrogen-bond donors (Lipinski definition) is 5. The Morgan fingerprint density at radius 3 is 2.43 bits per heavy atom. The van der Waals surface area contributed by atoms with Gasteiger partial charge < -0.3 is 69.0 Å². The van der Waals surface area contributed by atoms with Gasteiger partial charge in [-0.3, -0.25) is 28.1 Å². The number of nitrogens with two attached hydrogens (primary N) is 1. The Bertz CT molecular complexity index is 1760. The molecule has 54 heavy (non-hydrogen) atoms. The fourth-order valence-electron chi connectivity index (χ4n) is 4.67. The number of ether oxygens (including phenoxy) is 1. The van der Waals surface area contributed by atoms with Crippen LogP contribution in [0.25, 0.3) is 11.2 Å². The number of aliphatic hydroxyl groups excluding tert-OH is 2. The molecule has 0 aliphatic carbocycles. The number of rotatable bonds is 22. The molecule has 3 heterocycles. The van der Waals surface area contributed by atoms with Crippen LogP contribution in [0.3, 0.4) is 0 Å². The summed E-state index contributed by atoms with van der Waals surface area (Å²) in [4.78, 5) is 95.5. The molecule has 28 heteroatoms. The quantitative estimate of drug-likeness (QED) is 0.0595. The van der Waals surface area contributed by atoms with Crippen molar-refractivity contribution in [2.75, 3.05) is 37.8 Å².